The van der Waals surface area contributed by atoms with Gasteiger partial charge in [-0.1, -0.05) is 47.2 Å². The fraction of sp³-hybridized carbons (Fsp3) is 0.296. The quantitative estimate of drug-likeness (QED) is 0.470. The van der Waals surface area contributed by atoms with Crippen LogP contribution in [0.25, 0.3) is 6.08 Å². The predicted octanol–water partition coefficient (Wildman–Crippen LogP) is 3.77. The Morgan fingerprint density at radius 2 is 1.83 bits per heavy atom. The van der Waals surface area contributed by atoms with Crippen molar-refractivity contribution in [2.45, 2.75) is 26.8 Å². The summed E-state index contributed by atoms with van der Waals surface area (Å²) in [6.07, 6.45) is 1.77. The Kier molecular flexibility index (Phi) is 7.66. The number of benzene rings is 2. The number of amides is 1. The smallest absolute Gasteiger partial charge is 0.271 e. The number of likely N-dealkylation sites (N-methyl/N-ethyl adjacent to an activating group) is 1. The molecule has 0 bridgehead atoms. The van der Waals surface area contributed by atoms with Crippen molar-refractivity contribution in [1.82, 2.24) is 9.47 Å². The molecule has 1 amide bonds. The third-order valence-electron chi connectivity index (χ3n) is 6.21. The second-order valence-corrected chi connectivity index (χ2v) is 9.64. The van der Waals surface area contributed by atoms with E-state index in [2.05, 4.69) is 0 Å². The van der Waals surface area contributed by atoms with Gasteiger partial charge in [-0.05, 0) is 50.6 Å². The number of rotatable bonds is 7. The first kappa shape index (κ1) is 25.7. The summed E-state index contributed by atoms with van der Waals surface area (Å²) in [6, 6.07) is 12.1. The Balaban J connectivity index is 1.97. The van der Waals surface area contributed by atoms with Gasteiger partial charge in [-0.15, -0.1) is 0 Å². The highest BCUT2D eigenvalue weighted by Gasteiger charge is 2.34. The molecule has 0 fully saturated rings. The van der Waals surface area contributed by atoms with Crippen LogP contribution >= 0.6 is 22.9 Å². The monoisotopic (exact) mass is 525 g/mol. The molecule has 1 aromatic heterocycles. The van der Waals surface area contributed by atoms with Crippen LogP contribution in [0.1, 0.15) is 37.9 Å². The normalized spacial score (nSPS) is 15.4. The number of aromatic nitrogens is 1. The zero-order chi connectivity index (χ0) is 26.0. The number of ether oxygens (including phenoxy) is 2. The van der Waals surface area contributed by atoms with Crippen LogP contribution in [0, 0.1) is 0 Å². The molecule has 2 aromatic carbocycles. The Morgan fingerprint density at radius 1 is 1.14 bits per heavy atom. The van der Waals surface area contributed by atoms with Crippen LogP contribution in [-0.4, -0.2) is 42.7 Å². The van der Waals surface area contributed by atoms with Gasteiger partial charge in [0.25, 0.3) is 11.5 Å². The molecule has 7 nitrogen and oxygen atoms in total. The number of carbonyl (C=O) groups excluding carboxylic acids is 1. The summed E-state index contributed by atoms with van der Waals surface area (Å²) in [5, 5.41) is 0.577. The first-order chi connectivity index (χ1) is 17.3. The summed E-state index contributed by atoms with van der Waals surface area (Å²) in [6.45, 7) is 6.80. The van der Waals surface area contributed by atoms with Crippen molar-refractivity contribution < 1.29 is 14.3 Å². The van der Waals surface area contributed by atoms with E-state index >= 15 is 0 Å². The van der Waals surface area contributed by atoms with Gasteiger partial charge in [-0.25, -0.2) is 4.99 Å². The highest BCUT2D eigenvalue weighted by atomic mass is 35.5. The summed E-state index contributed by atoms with van der Waals surface area (Å²) < 4.78 is 13.0. The highest BCUT2D eigenvalue weighted by Crippen LogP contribution is 2.33. The molecule has 36 heavy (non-hydrogen) atoms. The van der Waals surface area contributed by atoms with E-state index in [4.69, 9.17) is 26.1 Å². The first-order valence-electron chi connectivity index (χ1n) is 11.6. The number of hydrogen-bond acceptors (Lipinski definition) is 6. The zero-order valence-electron chi connectivity index (χ0n) is 20.9. The standard InChI is InChI=1S/C27H28ClN3O4S/c1-6-30(7-2)26(33)22-16(3)29-27-31(23(22)17-11-13-19(28)14-12-17)25(32)21(36-27)15-18-9-8-10-20(34-4)24(18)35-5/h8-15,23H,6-7H2,1-5H3/b21-15+/t23-/m0/s1. The van der Waals surface area contributed by atoms with Crippen LogP contribution < -0.4 is 24.4 Å². The maximum absolute atomic E-state index is 13.8. The fourth-order valence-electron chi connectivity index (χ4n) is 4.40. The summed E-state index contributed by atoms with van der Waals surface area (Å²) in [4.78, 5) is 34.4. The minimum atomic E-state index is -0.624. The number of halogens is 1. The molecule has 1 aliphatic heterocycles. The van der Waals surface area contributed by atoms with Crippen molar-refractivity contribution in [3.05, 3.63) is 89.6 Å². The predicted molar refractivity (Wildman–Crippen MR) is 143 cm³/mol. The molecular formula is C27H28ClN3O4S. The van der Waals surface area contributed by atoms with E-state index < -0.39 is 6.04 Å². The number of allylic oxidation sites excluding steroid dienone is 1. The molecule has 0 saturated heterocycles. The van der Waals surface area contributed by atoms with Gasteiger partial charge < -0.3 is 14.4 Å². The largest absolute Gasteiger partial charge is 0.493 e. The van der Waals surface area contributed by atoms with Crippen molar-refractivity contribution in [2.24, 2.45) is 4.99 Å². The maximum atomic E-state index is 13.8. The molecule has 4 rings (SSSR count). The van der Waals surface area contributed by atoms with Crippen LogP contribution in [-0.2, 0) is 4.79 Å². The van der Waals surface area contributed by atoms with Gasteiger partial charge in [0, 0.05) is 23.7 Å². The lowest BCUT2D eigenvalue weighted by molar-refractivity contribution is -0.127. The van der Waals surface area contributed by atoms with E-state index in [9.17, 15) is 9.59 Å². The van der Waals surface area contributed by atoms with Crippen LogP contribution in [0.2, 0.25) is 5.02 Å². The second kappa shape index (κ2) is 10.7. The van der Waals surface area contributed by atoms with Crippen LogP contribution in [0.5, 0.6) is 11.5 Å². The molecule has 0 aliphatic carbocycles. The summed E-state index contributed by atoms with van der Waals surface area (Å²) in [7, 11) is 3.13. The molecule has 0 saturated carbocycles. The minimum absolute atomic E-state index is 0.134. The first-order valence-corrected chi connectivity index (χ1v) is 12.8. The van der Waals surface area contributed by atoms with Crippen molar-refractivity contribution in [3.8, 4) is 11.5 Å². The second-order valence-electron chi connectivity index (χ2n) is 8.19. The van der Waals surface area contributed by atoms with Gasteiger partial charge in [0.1, 0.15) is 0 Å². The van der Waals surface area contributed by atoms with E-state index in [0.717, 1.165) is 5.56 Å². The Morgan fingerprint density at radius 3 is 2.44 bits per heavy atom. The van der Waals surface area contributed by atoms with E-state index in [1.807, 2.05) is 45.0 Å². The van der Waals surface area contributed by atoms with Gasteiger partial charge in [-0.3, -0.25) is 14.2 Å². The fourth-order valence-corrected chi connectivity index (χ4v) is 5.57. The Hall–Kier alpha value is -3.36. The van der Waals surface area contributed by atoms with Gasteiger partial charge >= 0.3 is 0 Å². The van der Waals surface area contributed by atoms with Gasteiger partial charge in [0.05, 0.1) is 36.1 Å². The number of methoxy groups -OCH3 is 2. The van der Waals surface area contributed by atoms with Crippen LogP contribution in [0.4, 0.5) is 0 Å². The third-order valence-corrected chi connectivity index (χ3v) is 7.44. The average Bonchev–Trinajstić information content (AvgIpc) is 3.18. The molecule has 1 aliphatic rings. The van der Waals surface area contributed by atoms with Crippen molar-refractivity contribution in [2.75, 3.05) is 27.3 Å². The van der Waals surface area contributed by atoms with E-state index in [1.165, 1.54) is 11.3 Å². The molecule has 0 N–H and O–H groups in total. The zero-order valence-corrected chi connectivity index (χ0v) is 22.4. The van der Waals surface area contributed by atoms with E-state index in [-0.39, 0.29) is 11.5 Å². The lowest BCUT2D eigenvalue weighted by Crippen LogP contribution is -2.43. The van der Waals surface area contributed by atoms with E-state index in [0.29, 0.717) is 55.8 Å². The number of para-hydroxylation sites is 1. The van der Waals surface area contributed by atoms with Gasteiger partial charge in [0.15, 0.2) is 16.3 Å². The summed E-state index contributed by atoms with van der Waals surface area (Å²) in [5.74, 6) is 0.972. The highest BCUT2D eigenvalue weighted by molar-refractivity contribution is 7.07. The van der Waals surface area contributed by atoms with Crippen LogP contribution in [0.15, 0.2) is 63.5 Å². The average molecular weight is 526 g/mol. The lowest BCUT2D eigenvalue weighted by Gasteiger charge is -2.29. The SMILES string of the molecule is CCN(CC)C(=O)C1=C(C)N=c2s/c(=C/c3cccc(OC)c3OC)c(=O)n2[C@H]1c1ccc(Cl)cc1. The molecule has 0 radical (unpaired) electrons. The van der Waals surface area contributed by atoms with Gasteiger partial charge in [-0.2, -0.15) is 0 Å². The Bertz CT molecular complexity index is 1500. The molecule has 3 aromatic rings. The minimum Gasteiger partial charge on any atom is -0.493 e. The number of hydrogen-bond donors (Lipinski definition) is 0. The van der Waals surface area contributed by atoms with Gasteiger partial charge in [0.2, 0.25) is 0 Å². The van der Waals surface area contributed by atoms with Crippen LogP contribution in [0.3, 0.4) is 0 Å². The summed E-state index contributed by atoms with van der Waals surface area (Å²) in [5.41, 5.74) is 2.34. The molecular weight excluding hydrogens is 498 g/mol. The third kappa shape index (κ3) is 4.58. The Labute approximate surface area is 218 Å². The molecule has 1 atom stereocenters. The van der Waals surface area contributed by atoms with E-state index in [1.54, 1.807) is 48.0 Å². The molecule has 2 heterocycles. The molecule has 9 heteroatoms. The number of carbonyl (C=O) groups is 1. The number of fused-ring (bicyclic) bond motifs is 1. The van der Waals surface area contributed by atoms with Crippen molar-refractivity contribution in [1.29, 1.82) is 0 Å². The molecule has 0 spiro atoms. The topological polar surface area (TPSA) is 73.1 Å². The van der Waals surface area contributed by atoms with Crippen molar-refractivity contribution in [3.63, 3.8) is 0 Å². The maximum Gasteiger partial charge on any atom is 0.271 e. The lowest BCUT2D eigenvalue weighted by atomic mass is 9.94. The number of thiazole rings is 1. The molecule has 188 valence electrons. The summed E-state index contributed by atoms with van der Waals surface area (Å²) >= 11 is 7.43. The van der Waals surface area contributed by atoms with Crippen molar-refractivity contribution >= 4 is 34.9 Å². The molecule has 0 unspecified atom stereocenters. The number of nitrogens with zero attached hydrogens (tertiary/aromatic N) is 3.